The second-order valence-electron chi connectivity index (χ2n) is 6.90. The van der Waals surface area contributed by atoms with Crippen LogP contribution in [0.1, 0.15) is 61.6 Å². The molecule has 0 amide bonds. The number of benzene rings is 1. The normalized spacial score (nSPS) is 34.7. The van der Waals surface area contributed by atoms with E-state index < -0.39 is 0 Å². The first-order valence-electron chi connectivity index (χ1n) is 8.15. The van der Waals surface area contributed by atoms with Crippen LogP contribution in [0.3, 0.4) is 0 Å². The first kappa shape index (κ1) is 12.0. The third kappa shape index (κ3) is 1.94. The van der Waals surface area contributed by atoms with Crippen LogP contribution in [0.5, 0.6) is 0 Å². The molecule has 3 unspecified atom stereocenters. The van der Waals surface area contributed by atoms with Gasteiger partial charge >= 0.3 is 0 Å². The molecule has 1 heteroatoms. The summed E-state index contributed by atoms with van der Waals surface area (Å²) in [7, 11) is 2.14. The molecule has 0 bridgehead atoms. The fraction of sp³-hybridized carbons (Fsp3) is 0.667. The molecule has 0 spiro atoms. The Bertz CT molecular complexity index is 435. The highest BCUT2D eigenvalue weighted by atomic mass is 14.9. The van der Waals surface area contributed by atoms with Gasteiger partial charge < -0.3 is 5.32 Å². The molecule has 102 valence electrons. The molecule has 1 aromatic rings. The van der Waals surface area contributed by atoms with Crippen LogP contribution in [0.4, 0.5) is 0 Å². The first-order chi connectivity index (χ1) is 9.38. The highest BCUT2D eigenvalue weighted by Crippen LogP contribution is 2.62. The van der Waals surface area contributed by atoms with Crippen LogP contribution in [0.25, 0.3) is 0 Å². The van der Waals surface area contributed by atoms with Crippen molar-refractivity contribution < 1.29 is 0 Å². The summed E-state index contributed by atoms with van der Waals surface area (Å²) in [5.74, 6) is 3.85. The molecule has 3 atom stereocenters. The Morgan fingerprint density at radius 3 is 2.11 bits per heavy atom. The van der Waals surface area contributed by atoms with E-state index in [4.69, 9.17) is 0 Å². The van der Waals surface area contributed by atoms with E-state index in [1.807, 2.05) is 0 Å². The summed E-state index contributed by atoms with van der Waals surface area (Å²) >= 11 is 0. The van der Waals surface area contributed by atoms with E-state index in [-0.39, 0.29) is 0 Å². The molecule has 1 aromatic carbocycles. The van der Waals surface area contributed by atoms with Crippen molar-refractivity contribution in [3.05, 3.63) is 35.4 Å². The molecule has 0 heterocycles. The molecule has 4 rings (SSSR count). The summed E-state index contributed by atoms with van der Waals surface area (Å²) in [5.41, 5.74) is 3.09. The molecular weight excluding hydrogens is 230 g/mol. The van der Waals surface area contributed by atoms with Crippen LogP contribution >= 0.6 is 0 Å². The van der Waals surface area contributed by atoms with Crippen molar-refractivity contribution >= 4 is 0 Å². The fourth-order valence-electron chi connectivity index (χ4n) is 4.67. The predicted octanol–water partition coefficient (Wildman–Crippen LogP) is 4.26. The van der Waals surface area contributed by atoms with Crippen LogP contribution in [0.2, 0.25) is 0 Å². The van der Waals surface area contributed by atoms with Crippen molar-refractivity contribution in [1.82, 2.24) is 5.32 Å². The van der Waals surface area contributed by atoms with E-state index in [0.717, 1.165) is 23.7 Å². The molecular formula is C18H25N. The monoisotopic (exact) mass is 255 g/mol. The fourth-order valence-corrected chi connectivity index (χ4v) is 4.67. The van der Waals surface area contributed by atoms with Crippen molar-refractivity contribution in [2.45, 2.75) is 50.5 Å². The summed E-state index contributed by atoms with van der Waals surface area (Å²) in [6.07, 6.45) is 8.67. The zero-order valence-corrected chi connectivity index (χ0v) is 11.9. The van der Waals surface area contributed by atoms with Crippen molar-refractivity contribution in [3.63, 3.8) is 0 Å². The van der Waals surface area contributed by atoms with Gasteiger partial charge in [0.05, 0.1) is 0 Å². The maximum atomic E-state index is 3.59. The lowest BCUT2D eigenvalue weighted by molar-refractivity contribution is 0.418. The minimum Gasteiger partial charge on any atom is -0.313 e. The lowest BCUT2D eigenvalue weighted by Crippen LogP contribution is -2.20. The molecule has 3 aliphatic carbocycles. The largest absolute Gasteiger partial charge is 0.313 e. The number of hydrogen-bond donors (Lipinski definition) is 1. The number of nitrogens with one attached hydrogen (secondary N) is 1. The third-order valence-electron chi connectivity index (χ3n) is 6.04. The Morgan fingerprint density at radius 2 is 1.58 bits per heavy atom. The van der Waals surface area contributed by atoms with Gasteiger partial charge in [0.25, 0.3) is 0 Å². The SMILES string of the molecule is CNC(c1ccc(C2CCC2)cc1)C1C2CCCC21. The molecule has 19 heavy (non-hydrogen) atoms. The lowest BCUT2D eigenvalue weighted by atomic mass is 9.79. The zero-order chi connectivity index (χ0) is 12.8. The van der Waals surface area contributed by atoms with Gasteiger partial charge in [0, 0.05) is 6.04 Å². The van der Waals surface area contributed by atoms with Crippen LogP contribution < -0.4 is 5.32 Å². The average molecular weight is 255 g/mol. The first-order valence-corrected chi connectivity index (χ1v) is 8.15. The molecule has 0 radical (unpaired) electrons. The Balaban J connectivity index is 1.50. The topological polar surface area (TPSA) is 12.0 Å². The van der Waals surface area contributed by atoms with Gasteiger partial charge in [-0.3, -0.25) is 0 Å². The standard InChI is InChI=1S/C18H25N/c1-19-18(17-15-6-3-7-16(15)17)14-10-8-13(9-11-14)12-4-2-5-12/h8-12,15-19H,2-7H2,1H3. The smallest absolute Gasteiger partial charge is 0.0351 e. The van der Waals surface area contributed by atoms with Crippen molar-refractivity contribution in [3.8, 4) is 0 Å². The predicted molar refractivity (Wildman–Crippen MR) is 79.2 cm³/mol. The lowest BCUT2D eigenvalue weighted by Gasteiger charge is -2.26. The van der Waals surface area contributed by atoms with E-state index in [0.29, 0.717) is 6.04 Å². The van der Waals surface area contributed by atoms with E-state index in [9.17, 15) is 0 Å². The van der Waals surface area contributed by atoms with Gasteiger partial charge in [0.15, 0.2) is 0 Å². The van der Waals surface area contributed by atoms with Crippen molar-refractivity contribution in [2.24, 2.45) is 17.8 Å². The molecule has 0 aliphatic heterocycles. The Kier molecular flexibility index (Phi) is 2.91. The van der Waals surface area contributed by atoms with Gasteiger partial charge in [-0.25, -0.2) is 0 Å². The molecule has 1 N–H and O–H groups in total. The van der Waals surface area contributed by atoms with Gasteiger partial charge in [-0.2, -0.15) is 0 Å². The minimum absolute atomic E-state index is 0.603. The van der Waals surface area contributed by atoms with Crippen molar-refractivity contribution in [2.75, 3.05) is 7.05 Å². The quantitative estimate of drug-likeness (QED) is 0.847. The second kappa shape index (κ2) is 4.63. The summed E-state index contributed by atoms with van der Waals surface area (Å²) in [6, 6.07) is 10.2. The maximum Gasteiger partial charge on any atom is 0.0351 e. The molecule has 1 nitrogen and oxygen atoms in total. The zero-order valence-electron chi connectivity index (χ0n) is 11.9. The number of rotatable bonds is 4. The van der Waals surface area contributed by atoms with E-state index >= 15 is 0 Å². The number of fused-ring (bicyclic) bond motifs is 1. The summed E-state index contributed by atoms with van der Waals surface area (Å²) < 4.78 is 0. The average Bonchev–Trinajstić information content (AvgIpc) is 2.84. The van der Waals surface area contributed by atoms with E-state index in [1.54, 1.807) is 5.56 Å². The van der Waals surface area contributed by atoms with Crippen LogP contribution in [-0.4, -0.2) is 7.05 Å². The maximum absolute atomic E-state index is 3.59. The minimum atomic E-state index is 0.603. The summed E-state index contributed by atoms with van der Waals surface area (Å²) in [5, 5.41) is 3.59. The molecule has 3 saturated carbocycles. The molecule has 3 aliphatic rings. The highest BCUT2D eigenvalue weighted by molar-refractivity contribution is 5.30. The summed E-state index contributed by atoms with van der Waals surface area (Å²) in [6.45, 7) is 0. The van der Waals surface area contributed by atoms with Gasteiger partial charge in [-0.05, 0) is 67.5 Å². The van der Waals surface area contributed by atoms with Gasteiger partial charge in [-0.15, -0.1) is 0 Å². The Morgan fingerprint density at radius 1 is 0.947 bits per heavy atom. The molecule has 3 fully saturated rings. The van der Waals surface area contributed by atoms with E-state index in [1.165, 1.54) is 44.1 Å². The second-order valence-corrected chi connectivity index (χ2v) is 6.90. The summed E-state index contributed by atoms with van der Waals surface area (Å²) in [4.78, 5) is 0. The number of hydrogen-bond acceptors (Lipinski definition) is 1. The van der Waals surface area contributed by atoms with Crippen molar-refractivity contribution in [1.29, 1.82) is 0 Å². The third-order valence-corrected chi connectivity index (χ3v) is 6.04. The molecule has 0 aromatic heterocycles. The van der Waals surface area contributed by atoms with E-state index in [2.05, 4.69) is 36.6 Å². The highest BCUT2D eigenvalue weighted by Gasteiger charge is 2.55. The van der Waals surface area contributed by atoms with Gasteiger partial charge in [0.1, 0.15) is 0 Å². The Hall–Kier alpha value is -0.820. The molecule has 0 saturated heterocycles. The van der Waals surface area contributed by atoms with Crippen LogP contribution in [-0.2, 0) is 0 Å². The van der Waals surface area contributed by atoms with Gasteiger partial charge in [0.2, 0.25) is 0 Å². The van der Waals surface area contributed by atoms with Gasteiger partial charge in [-0.1, -0.05) is 37.1 Å². The Labute approximate surface area is 116 Å². The van der Waals surface area contributed by atoms with Crippen LogP contribution in [0, 0.1) is 17.8 Å². The van der Waals surface area contributed by atoms with Crippen LogP contribution in [0.15, 0.2) is 24.3 Å².